The van der Waals surface area contributed by atoms with Crippen LogP contribution < -0.4 is 4.90 Å². The van der Waals surface area contributed by atoms with Crippen LogP contribution in [0.5, 0.6) is 0 Å². The maximum atomic E-state index is 7.25. The van der Waals surface area contributed by atoms with Crippen LogP contribution in [-0.2, 0) is 10.8 Å². The summed E-state index contributed by atoms with van der Waals surface area (Å²) in [5.41, 5.74) is 29.4. The number of anilines is 3. The Bertz CT molecular complexity index is 4660. The van der Waals surface area contributed by atoms with Gasteiger partial charge in [-0.2, -0.15) is 0 Å². The molecule has 0 unspecified atom stereocenters. The van der Waals surface area contributed by atoms with E-state index in [1.807, 2.05) is 0 Å². The highest BCUT2D eigenvalue weighted by Crippen LogP contribution is 2.66. The molecule has 0 atom stereocenters. The van der Waals surface area contributed by atoms with Gasteiger partial charge in [0.25, 0.3) is 0 Å². The lowest BCUT2D eigenvalue weighted by atomic mass is 9.70. The summed E-state index contributed by atoms with van der Waals surface area (Å²) < 4.78 is 7.25. The molecule has 1 aromatic heterocycles. The summed E-state index contributed by atoms with van der Waals surface area (Å²) in [5, 5.41) is 4.38. The average molecular weight is 1010 g/mol. The van der Waals surface area contributed by atoms with Crippen LogP contribution in [0, 0.1) is 0 Å². The van der Waals surface area contributed by atoms with Gasteiger partial charge in [0.2, 0.25) is 0 Å². The largest absolute Gasteiger partial charge is 0.455 e. The van der Waals surface area contributed by atoms with Crippen LogP contribution in [-0.4, -0.2) is 0 Å². The van der Waals surface area contributed by atoms with Crippen molar-refractivity contribution in [3.8, 4) is 66.8 Å². The number of rotatable bonds is 5. The molecule has 0 N–H and O–H groups in total. The quantitative estimate of drug-likeness (QED) is 0.171. The molecule has 1 heterocycles. The van der Waals surface area contributed by atoms with Gasteiger partial charge in [0, 0.05) is 22.1 Å². The zero-order chi connectivity index (χ0) is 52.3. The third-order valence-corrected chi connectivity index (χ3v) is 18.5. The summed E-state index contributed by atoms with van der Waals surface area (Å²) in [7, 11) is 0. The van der Waals surface area contributed by atoms with Crippen molar-refractivity contribution in [2.45, 2.75) is 10.8 Å². The van der Waals surface area contributed by atoms with Gasteiger partial charge >= 0.3 is 0 Å². The number of nitrogens with zero attached hydrogens (tertiary/aromatic N) is 1. The molecule has 2 nitrogen and oxygen atoms in total. The van der Waals surface area contributed by atoms with Crippen LogP contribution in [0.15, 0.2) is 290 Å². The van der Waals surface area contributed by atoms with E-state index < -0.39 is 10.8 Å². The lowest BCUT2D eigenvalue weighted by molar-refractivity contribution is 0.672. The molecule has 0 amide bonds. The van der Waals surface area contributed by atoms with Gasteiger partial charge in [0.1, 0.15) is 11.2 Å². The molecule has 2 spiro atoms. The molecule has 13 aromatic carbocycles. The predicted octanol–water partition coefficient (Wildman–Crippen LogP) is 20.2. The van der Waals surface area contributed by atoms with Crippen molar-refractivity contribution in [3.63, 3.8) is 0 Å². The fraction of sp³-hybridized carbons (Fsp3) is 0.0256. The van der Waals surface area contributed by atoms with E-state index in [9.17, 15) is 0 Å². The minimum Gasteiger partial charge on any atom is -0.455 e. The van der Waals surface area contributed by atoms with Crippen molar-refractivity contribution < 1.29 is 4.42 Å². The minimum absolute atomic E-state index is 0.532. The highest BCUT2D eigenvalue weighted by molar-refractivity contribution is 6.23. The van der Waals surface area contributed by atoms with Crippen LogP contribution in [0.1, 0.15) is 44.5 Å². The average Bonchev–Trinajstić information content (AvgIpc) is 4.07. The lowest BCUT2D eigenvalue weighted by Crippen LogP contribution is -2.26. The standard InChI is InChI=1S/C78H47NO/c1-2-21-48(22-3-1)51-23-4-5-24-52(51)63-47-64-75-73(39-20-40-74(75)80-76(64)62-32-7-6-25-53(62)63)79(49-41-43-60-58-30-12-18-37-69(58)77(71(60)45-49)65-33-14-8-26-54(65)55-27-9-15-34-66(55)77)50-42-44-61-59-31-13-19-38-70(59)78(72(61)46-50)67-35-16-10-28-56(67)57-29-11-17-36-68(57)78/h1-47H. The van der Waals surface area contributed by atoms with Gasteiger partial charge in [-0.1, -0.05) is 243 Å². The van der Waals surface area contributed by atoms with Crippen LogP contribution in [0.2, 0.25) is 0 Å². The van der Waals surface area contributed by atoms with Gasteiger partial charge in [-0.3, -0.25) is 0 Å². The summed E-state index contributed by atoms with van der Waals surface area (Å²) in [4.78, 5) is 2.55. The first-order valence-electron chi connectivity index (χ1n) is 27.9. The first-order chi connectivity index (χ1) is 39.7. The monoisotopic (exact) mass is 1010 g/mol. The third-order valence-electron chi connectivity index (χ3n) is 18.5. The van der Waals surface area contributed by atoms with E-state index in [4.69, 9.17) is 4.42 Å². The van der Waals surface area contributed by atoms with Crippen LogP contribution in [0.25, 0.3) is 99.5 Å². The molecular formula is C78H47NO. The molecule has 370 valence electrons. The molecule has 0 bridgehead atoms. The summed E-state index contributed by atoms with van der Waals surface area (Å²) in [6.07, 6.45) is 0. The van der Waals surface area contributed by atoms with Gasteiger partial charge in [0.15, 0.2) is 0 Å². The number of fused-ring (bicyclic) bond motifs is 25. The Labute approximate surface area is 463 Å². The van der Waals surface area contributed by atoms with E-state index >= 15 is 0 Å². The molecule has 4 aliphatic rings. The van der Waals surface area contributed by atoms with E-state index in [0.29, 0.717) is 0 Å². The third kappa shape index (κ3) is 5.52. The topological polar surface area (TPSA) is 16.4 Å². The number of benzene rings is 13. The highest BCUT2D eigenvalue weighted by Gasteiger charge is 2.53. The second-order valence-corrected chi connectivity index (χ2v) is 22.1. The molecule has 0 aliphatic heterocycles. The molecule has 0 fully saturated rings. The Morgan fingerprint density at radius 3 is 1.11 bits per heavy atom. The normalized spacial score (nSPS) is 13.9. The summed E-state index contributed by atoms with van der Waals surface area (Å²) >= 11 is 0. The Morgan fingerprint density at radius 2 is 0.637 bits per heavy atom. The smallest absolute Gasteiger partial charge is 0.143 e. The van der Waals surface area contributed by atoms with Crippen LogP contribution in [0.3, 0.4) is 0 Å². The zero-order valence-corrected chi connectivity index (χ0v) is 43.5. The van der Waals surface area contributed by atoms with Gasteiger partial charge in [-0.25, -0.2) is 0 Å². The van der Waals surface area contributed by atoms with Crippen LogP contribution >= 0.6 is 0 Å². The molecule has 0 radical (unpaired) electrons. The van der Waals surface area contributed by atoms with Crippen molar-refractivity contribution >= 4 is 49.8 Å². The molecular weight excluding hydrogens is 967 g/mol. The first-order valence-corrected chi connectivity index (χ1v) is 27.9. The minimum atomic E-state index is -0.532. The SMILES string of the molecule is c1ccc(-c2ccccc2-c2cc3c(oc4cccc(N(c5ccc6c(c5)C5(c7ccccc7-c7ccccc75)c5ccccc5-6)c5ccc6c(c5)C5(c7ccccc7-c7ccccc75)c5ccccc5-6)c43)c3ccccc23)cc1. The number of hydrogen-bond acceptors (Lipinski definition) is 2. The Hall–Kier alpha value is -10.3. The van der Waals surface area contributed by atoms with Crippen LogP contribution in [0.4, 0.5) is 17.1 Å². The van der Waals surface area contributed by atoms with Gasteiger partial charge in [-0.05, 0) is 159 Å². The molecule has 18 rings (SSSR count). The second kappa shape index (κ2) is 16.1. The van der Waals surface area contributed by atoms with Crippen molar-refractivity contribution in [1.82, 2.24) is 0 Å². The van der Waals surface area contributed by atoms with E-state index in [2.05, 4.69) is 290 Å². The zero-order valence-electron chi connectivity index (χ0n) is 43.5. The summed E-state index contributed by atoms with van der Waals surface area (Å²) in [6, 6.07) is 107. The summed E-state index contributed by atoms with van der Waals surface area (Å²) in [5.74, 6) is 0. The maximum Gasteiger partial charge on any atom is 0.143 e. The maximum absolute atomic E-state index is 7.25. The molecule has 0 saturated heterocycles. The van der Waals surface area contributed by atoms with Gasteiger partial charge in [-0.15, -0.1) is 0 Å². The molecule has 14 aromatic rings. The van der Waals surface area contributed by atoms with Crippen molar-refractivity contribution in [3.05, 3.63) is 330 Å². The molecule has 2 heteroatoms. The van der Waals surface area contributed by atoms with Gasteiger partial charge in [0.05, 0.1) is 21.9 Å². The molecule has 80 heavy (non-hydrogen) atoms. The van der Waals surface area contributed by atoms with E-state index in [1.54, 1.807) is 0 Å². The van der Waals surface area contributed by atoms with Crippen molar-refractivity contribution in [1.29, 1.82) is 0 Å². The van der Waals surface area contributed by atoms with Crippen molar-refractivity contribution in [2.24, 2.45) is 0 Å². The first kappa shape index (κ1) is 43.8. The fourth-order valence-electron chi connectivity index (χ4n) is 15.5. The van der Waals surface area contributed by atoms with E-state index in [0.717, 1.165) is 49.8 Å². The number of hydrogen-bond donors (Lipinski definition) is 0. The molecule has 0 saturated carbocycles. The Kier molecular flexibility index (Phi) is 8.83. The van der Waals surface area contributed by atoms with E-state index in [-0.39, 0.29) is 0 Å². The molecule has 4 aliphatic carbocycles. The number of furan rings is 1. The Morgan fingerprint density at radius 1 is 0.250 bits per heavy atom. The van der Waals surface area contributed by atoms with E-state index in [1.165, 1.54) is 111 Å². The second-order valence-electron chi connectivity index (χ2n) is 22.1. The lowest BCUT2D eigenvalue weighted by Gasteiger charge is -2.33. The fourth-order valence-corrected chi connectivity index (χ4v) is 15.5. The van der Waals surface area contributed by atoms with Gasteiger partial charge < -0.3 is 9.32 Å². The Balaban J connectivity index is 0.950. The summed E-state index contributed by atoms with van der Waals surface area (Å²) in [6.45, 7) is 0. The highest BCUT2D eigenvalue weighted by atomic mass is 16.3. The van der Waals surface area contributed by atoms with Crippen molar-refractivity contribution in [2.75, 3.05) is 4.90 Å². The predicted molar refractivity (Wildman–Crippen MR) is 329 cm³/mol.